The van der Waals surface area contributed by atoms with Crippen molar-refractivity contribution in [2.75, 3.05) is 5.32 Å². The van der Waals surface area contributed by atoms with Gasteiger partial charge in [-0.15, -0.1) is 0 Å². The lowest BCUT2D eigenvalue weighted by Gasteiger charge is -2.03. The van der Waals surface area contributed by atoms with E-state index in [1.807, 2.05) is 0 Å². The second-order valence-electron chi connectivity index (χ2n) is 3.38. The highest BCUT2D eigenvalue weighted by Gasteiger charge is 2.06. The van der Waals surface area contributed by atoms with Gasteiger partial charge < -0.3 is 5.11 Å². The number of carbonyl (C=O) groups is 1. The van der Waals surface area contributed by atoms with Crippen LogP contribution in [0, 0.1) is 0 Å². The number of rotatable bonds is 3. The van der Waals surface area contributed by atoms with Crippen molar-refractivity contribution >= 4 is 11.9 Å². The molecule has 0 aliphatic rings. The van der Waals surface area contributed by atoms with Gasteiger partial charge in [-0.3, -0.25) is 10.1 Å². The first kappa shape index (κ1) is 11.2. The van der Waals surface area contributed by atoms with Crippen LogP contribution in [0.5, 0.6) is 0 Å². The van der Waals surface area contributed by atoms with Gasteiger partial charge in [0, 0.05) is 18.0 Å². The monoisotopic (exact) mass is 229 g/mol. The number of hydrogen-bond acceptors (Lipinski definition) is 4. The maximum atomic E-state index is 11.8. The average Bonchev–Trinajstić information content (AvgIpc) is 2.40. The second kappa shape index (κ2) is 5.18. The molecule has 17 heavy (non-hydrogen) atoms. The quantitative estimate of drug-likeness (QED) is 0.829. The van der Waals surface area contributed by atoms with Crippen LogP contribution in [0.15, 0.2) is 42.7 Å². The van der Waals surface area contributed by atoms with Crippen molar-refractivity contribution in [1.82, 2.24) is 9.97 Å². The molecule has 0 atom stereocenters. The number of benzene rings is 1. The molecule has 0 radical (unpaired) electrons. The van der Waals surface area contributed by atoms with E-state index in [9.17, 15) is 4.79 Å². The first-order valence-corrected chi connectivity index (χ1v) is 5.08. The maximum Gasteiger partial charge on any atom is 0.258 e. The van der Waals surface area contributed by atoms with E-state index < -0.39 is 0 Å². The van der Waals surface area contributed by atoms with E-state index in [1.165, 1.54) is 0 Å². The first-order chi connectivity index (χ1) is 8.29. The predicted molar refractivity (Wildman–Crippen MR) is 62.4 cm³/mol. The van der Waals surface area contributed by atoms with E-state index in [0.29, 0.717) is 5.56 Å². The molecule has 0 unspecified atom stereocenters. The number of amides is 1. The molecule has 0 saturated heterocycles. The Hall–Kier alpha value is -2.27. The van der Waals surface area contributed by atoms with Gasteiger partial charge in [-0.25, -0.2) is 9.97 Å². The molecule has 1 aromatic heterocycles. The minimum absolute atomic E-state index is 0.0380. The van der Waals surface area contributed by atoms with Gasteiger partial charge in [0.2, 0.25) is 5.95 Å². The van der Waals surface area contributed by atoms with Gasteiger partial charge in [0.15, 0.2) is 0 Å². The van der Waals surface area contributed by atoms with E-state index in [-0.39, 0.29) is 18.5 Å². The summed E-state index contributed by atoms with van der Waals surface area (Å²) < 4.78 is 0. The Morgan fingerprint density at radius 2 is 1.82 bits per heavy atom. The number of nitrogens with one attached hydrogen (secondary N) is 1. The summed E-state index contributed by atoms with van der Waals surface area (Å²) in [5.41, 5.74) is 1.26. The molecule has 2 aromatic rings. The zero-order valence-corrected chi connectivity index (χ0v) is 9.00. The van der Waals surface area contributed by atoms with Crippen molar-refractivity contribution in [2.24, 2.45) is 0 Å². The van der Waals surface area contributed by atoms with E-state index in [2.05, 4.69) is 15.3 Å². The Bertz CT molecular complexity index is 497. The van der Waals surface area contributed by atoms with Gasteiger partial charge in [-0.2, -0.15) is 0 Å². The first-order valence-electron chi connectivity index (χ1n) is 5.08. The van der Waals surface area contributed by atoms with Crippen LogP contribution >= 0.6 is 0 Å². The highest BCUT2D eigenvalue weighted by Crippen LogP contribution is 2.06. The number of hydrogen-bond donors (Lipinski definition) is 2. The fourth-order valence-corrected chi connectivity index (χ4v) is 1.30. The van der Waals surface area contributed by atoms with Crippen LogP contribution in [0.3, 0.4) is 0 Å². The summed E-state index contributed by atoms with van der Waals surface area (Å²) in [4.78, 5) is 19.5. The summed E-state index contributed by atoms with van der Waals surface area (Å²) in [6.07, 6.45) is 3.11. The number of carbonyl (C=O) groups excluding carboxylic acids is 1. The fraction of sp³-hybridized carbons (Fsp3) is 0.0833. The average molecular weight is 229 g/mol. The summed E-state index contributed by atoms with van der Waals surface area (Å²) in [7, 11) is 0. The molecular formula is C12H11N3O2. The third kappa shape index (κ3) is 2.85. The molecule has 1 amide bonds. The van der Waals surface area contributed by atoms with Crippen LogP contribution in [0.1, 0.15) is 15.9 Å². The molecule has 0 spiro atoms. The van der Waals surface area contributed by atoms with Gasteiger partial charge >= 0.3 is 0 Å². The number of aliphatic hydroxyl groups is 1. The summed E-state index contributed by atoms with van der Waals surface area (Å²) in [5, 5.41) is 11.5. The summed E-state index contributed by atoms with van der Waals surface area (Å²) in [6.45, 7) is -0.0380. The Labute approximate surface area is 98.2 Å². The van der Waals surface area contributed by atoms with Crippen LogP contribution in [0.4, 0.5) is 5.95 Å². The third-order valence-corrected chi connectivity index (χ3v) is 2.19. The van der Waals surface area contributed by atoms with Crippen molar-refractivity contribution in [3.05, 3.63) is 53.9 Å². The molecule has 0 aliphatic heterocycles. The summed E-state index contributed by atoms with van der Waals surface area (Å²) >= 11 is 0. The van der Waals surface area contributed by atoms with Crippen molar-refractivity contribution in [3.8, 4) is 0 Å². The maximum absolute atomic E-state index is 11.8. The minimum Gasteiger partial charge on any atom is -0.392 e. The van der Waals surface area contributed by atoms with Gasteiger partial charge in [-0.1, -0.05) is 12.1 Å². The SMILES string of the molecule is O=C(Nc1ncccn1)c1ccc(CO)cc1. The number of aromatic nitrogens is 2. The standard InChI is InChI=1S/C12H11N3O2/c16-8-9-2-4-10(5-3-9)11(17)15-12-13-6-1-7-14-12/h1-7,16H,8H2,(H,13,14,15,17). The second-order valence-corrected chi connectivity index (χ2v) is 3.38. The van der Waals surface area contributed by atoms with Gasteiger partial charge in [0.25, 0.3) is 5.91 Å². The van der Waals surface area contributed by atoms with Crippen molar-refractivity contribution in [1.29, 1.82) is 0 Å². The molecule has 2 N–H and O–H groups in total. The zero-order chi connectivity index (χ0) is 12.1. The normalized spacial score (nSPS) is 9.94. The summed E-state index contributed by atoms with van der Waals surface area (Å²) in [5.74, 6) is -0.00979. The lowest BCUT2D eigenvalue weighted by molar-refractivity contribution is 0.102. The van der Waals surface area contributed by atoms with E-state index in [4.69, 9.17) is 5.11 Å². The molecule has 0 aliphatic carbocycles. The highest BCUT2D eigenvalue weighted by molar-refractivity contribution is 6.03. The Morgan fingerprint density at radius 3 is 2.41 bits per heavy atom. The van der Waals surface area contributed by atoms with Crippen LogP contribution in [-0.4, -0.2) is 21.0 Å². The van der Waals surface area contributed by atoms with E-state index in [0.717, 1.165) is 5.56 Å². The molecule has 86 valence electrons. The molecule has 0 bridgehead atoms. The predicted octanol–water partition coefficient (Wildman–Crippen LogP) is 1.22. The number of aliphatic hydroxyl groups excluding tert-OH is 1. The van der Waals surface area contributed by atoms with Crippen LogP contribution in [-0.2, 0) is 6.61 Å². The van der Waals surface area contributed by atoms with E-state index in [1.54, 1.807) is 42.7 Å². The molecule has 5 nitrogen and oxygen atoms in total. The molecule has 5 heteroatoms. The van der Waals surface area contributed by atoms with Crippen LogP contribution < -0.4 is 5.32 Å². The zero-order valence-electron chi connectivity index (χ0n) is 9.00. The highest BCUT2D eigenvalue weighted by atomic mass is 16.3. The Morgan fingerprint density at radius 1 is 1.18 bits per heavy atom. The van der Waals surface area contributed by atoms with Gasteiger partial charge in [0.05, 0.1) is 6.61 Å². The lowest BCUT2D eigenvalue weighted by Crippen LogP contribution is -2.13. The molecule has 1 heterocycles. The van der Waals surface area contributed by atoms with Crippen LogP contribution in [0.2, 0.25) is 0 Å². The molecule has 0 fully saturated rings. The molecule has 1 aromatic carbocycles. The topological polar surface area (TPSA) is 75.1 Å². The van der Waals surface area contributed by atoms with Crippen molar-refractivity contribution in [2.45, 2.75) is 6.61 Å². The number of anilines is 1. The van der Waals surface area contributed by atoms with Gasteiger partial charge in [-0.05, 0) is 23.8 Å². The van der Waals surface area contributed by atoms with E-state index >= 15 is 0 Å². The molecule has 2 rings (SSSR count). The fourth-order valence-electron chi connectivity index (χ4n) is 1.30. The lowest BCUT2D eigenvalue weighted by atomic mass is 10.1. The van der Waals surface area contributed by atoms with Crippen LogP contribution in [0.25, 0.3) is 0 Å². The Balaban J connectivity index is 2.09. The Kier molecular flexibility index (Phi) is 3.42. The molecular weight excluding hydrogens is 218 g/mol. The largest absolute Gasteiger partial charge is 0.392 e. The summed E-state index contributed by atoms with van der Waals surface area (Å²) in [6, 6.07) is 8.35. The van der Waals surface area contributed by atoms with Crippen molar-refractivity contribution < 1.29 is 9.90 Å². The van der Waals surface area contributed by atoms with Gasteiger partial charge in [0.1, 0.15) is 0 Å². The molecule has 0 saturated carbocycles. The smallest absolute Gasteiger partial charge is 0.258 e. The number of nitrogens with zero attached hydrogens (tertiary/aromatic N) is 2. The minimum atomic E-state index is -0.277. The third-order valence-electron chi connectivity index (χ3n) is 2.19. The van der Waals surface area contributed by atoms with Crippen molar-refractivity contribution in [3.63, 3.8) is 0 Å².